The number of nitrogens with one attached hydrogen (secondary N) is 2. The number of H-pyrrole nitrogens is 1. The van der Waals surface area contributed by atoms with Crippen LogP contribution in [0.2, 0.25) is 0 Å². The van der Waals surface area contributed by atoms with Crippen LogP contribution >= 0.6 is 0 Å². The average Bonchev–Trinajstić information content (AvgIpc) is 2.93. The molecule has 1 fully saturated rings. The third-order valence-corrected chi connectivity index (χ3v) is 5.08. The van der Waals surface area contributed by atoms with Gasteiger partial charge < -0.3 is 15.4 Å². The van der Waals surface area contributed by atoms with Gasteiger partial charge in [0.05, 0.1) is 11.8 Å². The number of benzene rings is 1. The van der Waals surface area contributed by atoms with E-state index in [1.54, 1.807) is 0 Å². The van der Waals surface area contributed by atoms with Crippen molar-refractivity contribution in [3.05, 3.63) is 35.5 Å². The van der Waals surface area contributed by atoms with Gasteiger partial charge in [-0.05, 0) is 30.4 Å². The number of carbonyl (C=O) groups is 2. The van der Waals surface area contributed by atoms with E-state index < -0.39 is 23.2 Å². The molecule has 1 amide bonds. The van der Waals surface area contributed by atoms with Gasteiger partial charge in [0.2, 0.25) is 5.91 Å². The Balaban J connectivity index is 1.63. The summed E-state index contributed by atoms with van der Waals surface area (Å²) in [5.41, 5.74) is 2.95. The summed E-state index contributed by atoms with van der Waals surface area (Å²) in [6, 6.07) is 8.10. The lowest BCUT2D eigenvalue weighted by Crippen LogP contribution is -2.29. The van der Waals surface area contributed by atoms with Crippen LogP contribution in [-0.2, 0) is 16.0 Å². The fourth-order valence-corrected chi connectivity index (χ4v) is 3.67. The van der Waals surface area contributed by atoms with Crippen LogP contribution in [-0.4, -0.2) is 28.5 Å². The van der Waals surface area contributed by atoms with Gasteiger partial charge in [-0.2, -0.15) is 0 Å². The van der Waals surface area contributed by atoms with E-state index in [1.165, 1.54) is 10.9 Å². The Kier molecular flexibility index (Phi) is 3.66. The Hall–Kier alpha value is -2.30. The predicted molar refractivity (Wildman–Crippen MR) is 88.1 cm³/mol. The second kappa shape index (κ2) is 5.41. The molecule has 0 spiro atoms. The van der Waals surface area contributed by atoms with Crippen molar-refractivity contribution in [2.75, 3.05) is 6.54 Å². The number of fused-ring (bicyclic) bond motifs is 1. The summed E-state index contributed by atoms with van der Waals surface area (Å²) in [6.07, 6.45) is 0.729. The van der Waals surface area contributed by atoms with E-state index in [9.17, 15) is 9.59 Å². The van der Waals surface area contributed by atoms with Gasteiger partial charge in [0.15, 0.2) is 0 Å². The molecule has 0 unspecified atom stereocenters. The zero-order valence-corrected chi connectivity index (χ0v) is 13.6. The third kappa shape index (κ3) is 2.60. The highest BCUT2D eigenvalue weighted by molar-refractivity contribution is 5.91. The highest BCUT2D eigenvalue weighted by Gasteiger charge is 2.65. The predicted octanol–water partition coefficient (Wildman–Crippen LogP) is 2.49. The summed E-state index contributed by atoms with van der Waals surface area (Å²) in [7, 11) is 0. The van der Waals surface area contributed by atoms with Gasteiger partial charge in [-0.3, -0.25) is 9.59 Å². The van der Waals surface area contributed by atoms with Crippen molar-refractivity contribution in [3.63, 3.8) is 0 Å². The van der Waals surface area contributed by atoms with Crippen molar-refractivity contribution in [1.82, 2.24) is 10.3 Å². The number of rotatable bonds is 5. The van der Waals surface area contributed by atoms with Crippen LogP contribution in [0.3, 0.4) is 0 Å². The van der Waals surface area contributed by atoms with E-state index in [1.807, 2.05) is 39.0 Å². The van der Waals surface area contributed by atoms with E-state index in [0.717, 1.165) is 17.6 Å². The molecular formula is C18H22N2O3. The number of carbonyl (C=O) groups excluding carboxylic acids is 1. The van der Waals surface area contributed by atoms with Crippen LogP contribution in [0.5, 0.6) is 0 Å². The molecule has 23 heavy (non-hydrogen) atoms. The van der Waals surface area contributed by atoms with Crippen LogP contribution in [0.1, 0.15) is 25.1 Å². The maximum atomic E-state index is 12.2. The van der Waals surface area contributed by atoms with Crippen LogP contribution in [0.15, 0.2) is 24.3 Å². The Morgan fingerprint density at radius 3 is 2.61 bits per heavy atom. The van der Waals surface area contributed by atoms with Gasteiger partial charge in [-0.15, -0.1) is 0 Å². The molecule has 3 rings (SSSR count). The highest BCUT2D eigenvalue weighted by Crippen LogP contribution is 2.58. The van der Waals surface area contributed by atoms with Crippen LogP contribution in [0.25, 0.3) is 10.9 Å². The Labute approximate surface area is 135 Å². The summed E-state index contributed by atoms with van der Waals surface area (Å²) < 4.78 is 0. The first-order chi connectivity index (χ1) is 10.8. The van der Waals surface area contributed by atoms with Crippen LogP contribution < -0.4 is 5.32 Å². The highest BCUT2D eigenvalue weighted by atomic mass is 16.4. The minimum absolute atomic E-state index is 0.153. The summed E-state index contributed by atoms with van der Waals surface area (Å²) in [5.74, 6) is -2.04. The fourth-order valence-electron chi connectivity index (χ4n) is 3.67. The molecule has 1 heterocycles. The first-order valence-electron chi connectivity index (χ1n) is 7.90. The lowest BCUT2D eigenvalue weighted by molar-refractivity contribution is -0.140. The second-order valence-corrected chi connectivity index (χ2v) is 6.93. The molecule has 122 valence electrons. The van der Waals surface area contributed by atoms with E-state index in [-0.39, 0.29) is 5.91 Å². The van der Waals surface area contributed by atoms with E-state index in [2.05, 4.69) is 16.4 Å². The smallest absolute Gasteiger partial charge is 0.307 e. The molecule has 5 nitrogen and oxygen atoms in total. The summed E-state index contributed by atoms with van der Waals surface area (Å²) in [5, 5.41) is 13.2. The molecular weight excluding hydrogens is 292 g/mol. The summed E-state index contributed by atoms with van der Waals surface area (Å²) in [6.45, 7) is 6.21. The minimum Gasteiger partial charge on any atom is -0.481 e. The fraction of sp³-hybridized carbons (Fsp3) is 0.444. The van der Waals surface area contributed by atoms with Gasteiger partial charge in [0.1, 0.15) is 0 Å². The maximum absolute atomic E-state index is 12.2. The average molecular weight is 314 g/mol. The van der Waals surface area contributed by atoms with E-state index in [0.29, 0.717) is 6.54 Å². The van der Waals surface area contributed by atoms with Crippen molar-refractivity contribution in [2.24, 2.45) is 17.3 Å². The van der Waals surface area contributed by atoms with Crippen LogP contribution in [0, 0.1) is 24.2 Å². The second-order valence-electron chi connectivity index (χ2n) is 6.93. The van der Waals surface area contributed by atoms with Crippen molar-refractivity contribution in [1.29, 1.82) is 0 Å². The standard InChI is InChI=1S/C18H22N2O3/c1-10-11(12-6-4-5-7-13(12)20-10)8-9-19-16(21)14-15(17(22)23)18(14,2)3/h4-7,14-15,20H,8-9H2,1-3H3,(H,19,21)(H,22,23)/t14-,15+/m0/s1. The summed E-state index contributed by atoms with van der Waals surface area (Å²) in [4.78, 5) is 26.7. The first kappa shape index (κ1) is 15.6. The van der Waals surface area contributed by atoms with Gasteiger partial charge in [0.25, 0.3) is 0 Å². The van der Waals surface area contributed by atoms with Gasteiger partial charge in [-0.25, -0.2) is 0 Å². The van der Waals surface area contributed by atoms with Crippen molar-refractivity contribution >= 4 is 22.8 Å². The maximum Gasteiger partial charge on any atom is 0.307 e. The number of carboxylic acid groups (broad SMARTS) is 1. The lowest BCUT2D eigenvalue weighted by Gasteiger charge is -2.06. The normalized spacial score (nSPS) is 22.0. The van der Waals surface area contributed by atoms with Crippen molar-refractivity contribution in [3.8, 4) is 0 Å². The quantitative estimate of drug-likeness (QED) is 0.793. The number of amides is 1. The van der Waals surface area contributed by atoms with E-state index in [4.69, 9.17) is 5.11 Å². The molecule has 5 heteroatoms. The molecule has 0 aliphatic heterocycles. The molecule has 0 bridgehead atoms. The molecule has 2 atom stereocenters. The number of aliphatic carboxylic acids is 1. The van der Waals surface area contributed by atoms with Gasteiger partial charge >= 0.3 is 5.97 Å². The molecule has 1 saturated carbocycles. The number of hydrogen-bond acceptors (Lipinski definition) is 2. The SMILES string of the molecule is Cc1[nH]c2ccccc2c1CCNC(=O)[C@@H]1[C@H](C(=O)O)C1(C)C. The zero-order valence-electron chi connectivity index (χ0n) is 13.6. The number of aromatic amines is 1. The molecule has 1 aromatic heterocycles. The van der Waals surface area contributed by atoms with Gasteiger partial charge in [0, 0.05) is 23.1 Å². The molecule has 1 aliphatic carbocycles. The third-order valence-electron chi connectivity index (χ3n) is 5.08. The number of carboxylic acids is 1. The Morgan fingerprint density at radius 2 is 1.96 bits per heavy atom. The zero-order chi connectivity index (χ0) is 16.8. The van der Waals surface area contributed by atoms with Crippen LogP contribution in [0.4, 0.5) is 0 Å². The number of aromatic nitrogens is 1. The molecule has 0 radical (unpaired) electrons. The Bertz CT molecular complexity index is 776. The topological polar surface area (TPSA) is 82.2 Å². The minimum atomic E-state index is -0.886. The van der Waals surface area contributed by atoms with Crippen molar-refractivity contribution < 1.29 is 14.7 Å². The molecule has 2 aromatic rings. The molecule has 1 aliphatic rings. The summed E-state index contributed by atoms with van der Waals surface area (Å²) >= 11 is 0. The molecule has 1 aromatic carbocycles. The monoisotopic (exact) mass is 314 g/mol. The molecule has 0 saturated heterocycles. The van der Waals surface area contributed by atoms with Gasteiger partial charge in [-0.1, -0.05) is 32.0 Å². The Morgan fingerprint density at radius 1 is 1.26 bits per heavy atom. The number of hydrogen-bond donors (Lipinski definition) is 3. The first-order valence-corrected chi connectivity index (χ1v) is 7.90. The van der Waals surface area contributed by atoms with E-state index >= 15 is 0 Å². The largest absolute Gasteiger partial charge is 0.481 e. The lowest BCUT2D eigenvalue weighted by atomic mass is 10.1. The number of para-hydroxylation sites is 1. The molecule has 3 N–H and O–H groups in total. The number of aryl methyl sites for hydroxylation is 1. The van der Waals surface area contributed by atoms with Crippen molar-refractivity contribution in [2.45, 2.75) is 27.2 Å².